The molecule has 2 atom stereocenters. The van der Waals surface area contributed by atoms with Crippen LogP contribution in [0.5, 0.6) is 0 Å². The van der Waals surface area contributed by atoms with Gasteiger partial charge in [-0.1, -0.05) is 0 Å². The molecule has 18 heavy (non-hydrogen) atoms. The van der Waals surface area contributed by atoms with E-state index in [0.29, 0.717) is 5.92 Å². The first-order valence-electron chi connectivity index (χ1n) is 6.17. The van der Waals surface area contributed by atoms with Gasteiger partial charge in [0.25, 0.3) is 0 Å². The summed E-state index contributed by atoms with van der Waals surface area (Å²) < 4.78 is 4.35. The van der Waals surface area contributed by atoms with Gasteiger partial charge in [-0.05, 0) is 31.8 Å². The predicted octanol–water partition coefficient (Wildman–Crippen LogP) is 1.60. The highest BCUT2D eigenvalue weighted by molar-refractivity contribution is 7.13. The van der Waals surface area contributed by atoms with Crippen LogP contribution in [-0.2, 0) is 0 Å². The molecule has 0 aliphatic carbocycles. The molecular formula is C12H16N4OS. The second-order valence-electron chi connectivity index (χ2n) is 4.88. The van der Waals surface area contributed by atoms with Crippen molar-refractivity contribution in [3.8, 4) is 0 Å². The molecule has 6 heteroatoms. The van der Waals surface area contributed by atoms with Gasteiger partial charge in [0, 0.05) is 19.0 Å². The molecule has 2 unspecified atom stereocenters. The van der Waals surface area contributed by atoms with Crippen molar-refractivity contribution in [3.05, 3.63) is 12.0 Å². The molecule has 1 fully saturated rings. The largest absolute Gasteiger partial charge is 0.393 e. The van der Waals surface area contributed by atoms with Crippen LogP contribution in [0.2, 0.25) is 0 Å². The van der Waals surface area contributed by atoms with Crippen LogP contribution < -0.4 is 4.90 Å². The Morgan fingerprint density at radius 2 is 2.33 bits per heavy atom. The minimum Gasteiger partial charge on any atom is -0.393 e. The number of anilines is 1. The van der Waals surface area contributed by atoms with Gasteiger partial charge >= 0.3 is 0 Å². The first-order chi connectivity index (χ1) is 8.66. The highest BCUT2D eigenvalue weighted by Gasteiger charge is 2.28. The molecule has 1 aliphatic heterocycles. The highest BCUT2D eigenvalue weighted by atomic mass is 32.1. The van der Waals surface area contributed by atoms with Crippen molar-refractivity contribution < 1.29 is 5.11 Å². The summed E-state index contributed by atoms with van der Waals surface area (Å²) in [6.45, 7) is 5.66. The SMILES string of the molecule is Cc1nsc2ncnc(N3CCC(C(C)O)C3)c12. The van der Waals surface area contributed by atoms with Crippen LogP contribution in [0.3, 0.4) is 0 Å². The molecule has 3 heterocycles. The molecule has 3 rings (SSSR count). The van der Waals surface area contributed by atoms with Crippen LogP contribution in [0.25, 0.3) is 10.2 Å². The summed E-state index contributed by atoms with van der Waals surface area (Å²) in [7, 11) is 0. The molecule has 2 aromatic rings. The van der Waals surface area contributed by atoms with E-state index >= 15 is 0 Å². The summed E-state index contributed by atoms with van der Waals surface area (Å²) in [6, 6.07) is 0. The van der Waals surface area contributed by atoms with Crippen molar-refractivity contribution in [2.45, 2.75) is 26.4 Å². The second kappa shape index (κ2) is 4.44. The fraction of sp³-hybridized carbons (Fsp3) is 0.583. The van der Waals surface area contributed by atoms with Crippen molar-refractivity contribution in [1.82, 2.24) is 14.3 Å². The number of aromatic nitrogens is 3. The fourth-order valence-corrected chi connectivity index (χ4v) is 3.26. The van der Waals surface area contributed by atoms with E-state index in [1.807, 2.05) is 13.8 Å². The number of fused-ring (bicyclic) bond motifs is 1. The highest BCUT2D eigenvalue weighted by Crippen LogP contribution is 2.32. The summed E-state index contributed by atoms with van der Waals surface area (Å²) in [5.41, 5.74) is 0.992. The van der Waals surface area contributed by atoms with Crippen molar-refractivity contribution in [2.75, 3.05) is 18.0 Å². The monoisotopic (exact) mass is 264 g/mol. The lowest BCUT2D eigenvalue weighted by molar-refractivity contribution is 0.136. The minimum absolute atomic E-state index is 0.256. The van der Waals surface area contributed by atoms with Crippen LogP contribution in [0.4, 0.5) is 5.82 Å². The third-order valence-electron chi connectivity index (χ3n) is 3.63. The first kappa shape index (κ1) is 11.8. The first-order valence-corrected chi connectivity index (χ1v) is 6.94. The molecule has 2 aromatic heterocycles. The van der Waals surface area contributed by atoms with Gasteiger partial charge in [0.05, 0.1) is 17.2 Å². The van der Waals surface area contributed by atoms with Gasteiger partial charge in [-0.3, -0.25) is 0 Å². The maximum Gasteiger partial charge on any atom is 0.149 e. The average molecular weight is 264 g/mol. The molecular weight excluding hydrogens is 248 g/mol. The van der Waals surface area contributed by atoms with Gasteiger partial charge in [0.1, 0.15) is 17.0 Å². The Labute approximate surface area is 110 Å². The van der Waals surface area contributed by atoms with E-state index in [2.05, 4.69) is 19.2 Å². The van der Waals surface area contributed by atoms with Crippen molar-refractivity contribution in [1.29, 1.82) is 0 Å². The van der Waals surface area contributed by atoms with Crippen LogP contribution >= 0.6 is 11.5 Å². The number of aryl methyl sites for hydroxylation is 1. The van der Waals surface area contributed by atoms with E-state index in [1.165, 1.54) is 11.5 Å². The van der Waals surface area contributed by atoms with Crippen molar-refractivity contribution in [3.63, 3.8) is 0 Å². The summed E-state index contributed by atoms with van der Waals surface area (Å²) >= 11 is 1.42. The summed E-state index contributed by atoms with van der Waals surface area (Å²) in [6.07, 6.45) is 2.36. The number of aliphatic hydroxyl groups is 1. The van der Waals surface area contributed by atoms with E-state index in [0.717, 1.165) is 41.2 Å². The van der Waals surface area contributed by atoms with Gasteiger partial charge in [0.2, 0.25) is 0 Å². The lowest BCUT2D eigenvalue weighted by Gasteiger charge is -2.19. The number of rotatable bonds is 2. The molecule has 1 aliphatic rings. The third kappa shape index (κ3) is 1.85. The van der Waals surface area contributed by atoms with Gasteiger partial charge in [0.15, 0.2) is 0 Å². The molecule has 0 bridgehead atoms. The van der Waals surface area contributed by atoms with E-state index in [9.17, 15) is 5.11 Å². The standard InChI is InChI=1S/C12H16N4OS/c1-7-10-11(13-6-14-12(10)18-15-7)16-4-3-9(5-16)8(2)17/h6,8-9,17H,3-5H2,1-2H3. The quantitative estimate of drug-likeness (QED) is 0.892. The van der Waals surface area contributed by atoms with Crippen LogP contribution in [0, 0.1) is 12.8 Å². The topological polar surface area (TPSA) is 62.1 Å². The molecule has 0 amide bonds. The molecule has 0 saturated carbocycles. The molecule has 0 radical (unpaired) electrons. The minimum atomic E-state index is -0.256. The Kier molecular flexibility index (Phi) is 2.91. The van der Waals surface area contributed by atoms with Crippen LogP contribution in [0.15, 0.2) is 6.33 Å². The van der Waals surface area contributed by atoms with Crippen LogP contribution in [-0.4, -0.2) is 38.6 Å². The Bertz CT molecular complexity index is 568. The van der Waals surface area contributed by atoms with Crippen LogP contribution in [0.1, 0.15) is 19.0 Å². The molecule has 0 spiro atoms. The zero-order chi connectivity index (χ0) is 12.7. The van der Waals surface area contributed by atoms with E-state index in [1.54, 1.807) is 6.33 Å². The predicted molar refractivity (Wildman–Crippen MR) is 71.9 cm³/mol. The van der Waals surface area contributed by atoms with Gasteiger partial charge in [-0.25, -0.2) is 9.97 Å². The Morgan fingerprint density at radius 3 is 3.06 bits per heavy atom. The fourth-order valence-electron chi connectivity index (χ4n) is 2.52. The molecule has 96 valence electrons. The average Bonchev–Trinajstić information content (AvgIpc) is 2.96. The number of hydrogen-bond acceptors (Lipinski definition) is 6. The van der Waals surface area contributed by atoms with E-state index < -0.39 is 0 Å². The molecule has 1 saturated heterocycles. The van der Waals surface area contributed by atoms with Crippen molar-refractivity contribution >= 4 is 27.6 Å². The summed E-state index contributed by atoms with van der Waals surface area (Å²) in [5, 5.41) is 10.7. The maximum absolute atomic E-state index is 9.67. The third-order valence-corrected chi connectivity index (χ3v) is 4.48. The smallest absolute Gasteiger partial charge is 0.149 e. The lowest BCUT2D eigenvalue weighted by atomic mass is 10.0. The zero-order valence-corrected chi connectivity index (χ0v) is 11.3. The number of aliphatic hydroxyl groups excluding tert-OH is 1. The lowest BCUT2D eigenvalue weighted by Crippen LogP contribution is -2.24. The second-order valence-corrected chi connectivity index (χ2v) is 5.63. The Morgan fingerprint density at radius 1 is 1.50 bits per heavy atom. The zero-order valence-electron chi connectivity index (χ0n) is 10.5. The normalized spacial score (nSPS) is 21.7. The van der Waals surface area contributed by atoms with Gasteiger partial charge < -0.3 is 10.0 Å². The van der Waals surface area contributed by atoms with Crippen molar-refractivity contribution in [2.24, 2.45) is 5.92 Å². The summed E-state index contributed by atoms with van der Waals surface area (Å²) in [5.74, 6) is 1.30. The summed E-state index contributed by atoms with van der Waals surface area (Å²) in [4.78, 5) is 11.9. The van der Waals surface area contributed by atoms with E-state index in [-0.39, 0.29) is 6.10 Å². The van der Waals surface area contributed by atoms with Gasteiger partial charge in [-0.2, -0.15) is 4.37 Å². The maximum atomic E-state index is 9.67. The number of hydrogen-bond donors (Lipinski definition) is 1. The number of nitrogens with zero attached hydrogens (tertiary/aromatic N) is 4. The Hall–Kier alpha value is -1.27. The van der Waals surface area contributed by atoms with Gasteiger partial charge in [-0.15, -0.1) is 0 Å². The molecule has 0 aromatic carbocycles. The van der Waals surface area contributed by atoms with E-state index in [4.69, 9.17) is 0 Å². The molecule has 5 nitrogen and oxygen atoms in total. The molecule has 1 N–H and O–H groups in total. The Balaban J connectivity index is 1.98.